The summed E-state index contributed by atoms with van der Waals surface area (Å²) < 4.78 is 0. The first-order chi connectivity index (χ1) is 8.62. The summed E-state index contributed by atoms with van der Waals surface area (Å²) in [6.45, 7) is 6.86. The van der Waals surface area contributed by atoms with Crippen LogP contribution in [0.15, 0.2) is 54.6 Å². The van der Waals surface area contributed by atoms with Gasteiger partial charge in [-0.05, 0) is 34.9 Å². The monoisotopic (exact) mass is 238 g/mol. The minimum atomic E-state index is 0.283. The van der Waals surface area contributed by atoms with Gasteiger partial charge in [-0.15, -0.1) is 0 Å². The van der Waals surface area contributed by atoms with Gasteiger partial charge in [0, 0.05) is 0 Å². The lowest BCUT2D eigenvalue weighted by Gasteiger charge is -2.23. The molecule has 0 aliphatic rings. The molecule has 0 spiro atoms. The molecular weight excluding hydrogens is 216 g/mol. The minimum Gasteiger partial charge on any atom is -0.0646 e. The highest BCUT2D eigenvalue weighted by molar-refractivity contribution is 5.31. The number of rotatable bonds is 4. The van der Waals surface area contributed by atoms with Gasteiger partial charge in [0.2, 0.25) is 0 Å². The summed E-state index contributed by atoms with van der Waals surface area (Å²) in [5.41, 5.74) is 4.48. The number of hydrogen-bond donors (Lipinski definition) is 0. The molecule has 2 aromatic carbocycles. The average Bonchev–Trinajstić information content (AvgIpc) is 2.40. The van der Waals surface area contributed by atoms with E-state index < -0.39 is 0 Å². The topological polar surface area (TPSA) is 0 Å². The Balaban J connectivity index is 2.14. The van der Waals surface area contributed by atoms with Gasteiger partial charge in [-0.3, -0.25) is 0 Å². The molecular formula is C18H22. The molecule has 0 N–H and O–H groups in total. The maximum absolute atomic E-state index is 2.30. The van der Waals surface area contributed by atoms with E-state index in [1.165, 1.54) is 23.1 Å². The van der Waals surface area contributed by atoms with E-state index >= 15 is 0 Å². The lowest BCUT2D eigenvalue weighted by molar-refractivity contribution is 0.506. The van der Waals surface area contributed by atoms with Crippen molar-refractivity contribution < 1.29 is 0 Å². The maximum Gasteiger partial charge on any atom is -0.00258 e. The summed E-state index contributed by atoms with van der Waals surface area (Å²) in [5, 5.41) is 0. The molecule has 0 fully saturated rings. The van der Waals surface area contributed by atoms with Gasteiger partial charge in [0.15, 0.2) is 0 Å². The highest BCUT2D eigenvalue weighted by Crippen LogP contribution is 2.26. The highest BCUT2D eigenvalue weighted by Gasteiger charge is 2.17. The third-order valence-corrected chi connectivity index (χ3v) is 3.87. The molecule has 2 aromatic rings. The summed E-state index contributed by atoms with van der Waals surface area (Å²) in [7, 11) is 0. The second-order valence-electron chi connectivity index (χ2n) is 5.60. The molecule has 0 aliphatic heterocycles. The molecule has 2 rings (SSSR count). The fourth-order valence-electron chi connectivity index (χ4n) is 2.11. The molecule has 0 heteroatoms. The van der Waals surface area contributed by atoms with Crippen LogP contribution in [0.3, 0.4) is 0 Å². The summed E-state index contributed by atoms with van der Waals surface area (Å²) in [6, 6.07) is 19.7. The minimum absolute atomic E-state index is 0.283. The van der Waals surface area contributed by atoms with E-state index in [1.54, 1.807) is 0 Å². The Labute approximate surface area is 111 Å². The molecule has 0 saturated carbocycles. The van der Waals surface area contributed by atoms with Crippen LogP contribution in [0.5, 0.6) is 0 Å². The number of hydrogen-bond acceptors (Lipinski definition) is 0. The second-order valence-corrected chi connectivity index (χ2v) is 5.60. The predicted molar refractivity (Wildman–Crippen MR) is 79.0 cm³/mol. The fourth-order valence-corrected chi connectivity index (χ4v) is 2.11. The number of benzene rings is 2. The Kier molecular flexibility index (Phi) is 3.86. The Morgan fingerprint density at radius 3 is 1.89 bits per heavy atom. The van der Waals surface area contributed by atoms with Crippen molar-refractivity contribution in [2.75, 3.05) is 0 Å². The van der Waals surface area contributed by atoms with Crippen LogP contribution in [-0.2, 0) is 11.8 Å². The van der Waals surface area contributed by atoms with Crippen molar-refractivity contribution in [3.05, 3.63) is 71.3 Å². The summed E-state index contributed by atoms with van der Waals surface area (Å²) in [4.78, 5) is 0. The van der Waals surface area contributed by atoms with Crippen molar-refractivity contribution in [3.8, 4) is 0 Å². The molecule has 0 heterocycles. The van der Waals surface area contributed by atoms with E-state index in [2.05, 4.69) is 75.4 Å². The Morgan fingerprint density at radius 1 is 0.778 bits per heavy atom. The average molecular weight is 238 g/mol. The molecule has 18 heavy (non-hydrogen) atoms. The Bertz CT molecular complexity index is 477. The highest BCUT2D eigenvalue weighted by atomic mass is 14.2. The summed E-state index contributed by atoms with van der Waals surface area (Å²) in [6.07, 6.45) is 2.19. The van der Waals surface area contributed by atoms with Crippen molar-refractivity contribution >= 4 is 0 Å². The quantitative estimate of drug-likeness (QED) is 0.706. The van der Waals surface area contributed by atoms with Crippen LogP contribution in [0.1, 0.15) is 43.9 Å². The first-order valence-corrected chi connectivity index (χ1v) is 6.75. The van der Waals surface area contributed by atoms with Gasteiger partial charge < -0.3 is 0 Å². The molecule has 94 valence electrons. The third-order valence-electron chi connectivity index (χ3n) is 3.87. The molecule has 0 amide bonds. The molecule has 0 unspecified atom stereocenters. The van der Waals surface area contributed by atoms with Crippen LogP contribution in [0.4, 0.5) is 0 Å². The predicted octanol–water partition coefficient (Wildman–Crippen LogP) is 4.97. The fraction of sp³-hybridized carbons (Fsp3) is 0.333. The van der Waals surface area contributed by atoms with Crippen LogP contribution in [0, 0.1) is 0 Å². The van der Waals surface area contributed by atoms with Crippen LogP contribution >= 0.6 is 0 Å². The van der Waals surface area contributed by atoms with Crippen molar-refractivity contribution in [1.29, 1.82) is 0 Å². The van der Waals surface area contributed by atoms with Crippen molar-refractivity contribution in [3.63, 3.8) is 0 Å². The van der Waals surface area contributed by atoms with E-state index in [9.17, 15) is 0 Å². The van der Waals surface area contributed by atoms with Crippen molar-refractivity contribution in [2.45, 2.75) is 39.0 Å². The molecule has 0 radical (unpaired) electrons. The van der Waals surface area contributed by atoms with Gasteiger partial charge in [-0.25, -0.2) is 0 Å². The first-order valence-electron chi connectivity index (χ1n) is 6.75. The molecule has 0 nitrogen and oxygen atoms in total. The zero-order valence-electron chi connectivity index (χ0n) is 11.6. The van der Waals surface area contributed by atoms with Crippen LogP contribution in [0.2, 0.25) is 0 Å². The Morgan fingerprint density at radius 2 is 1.33 bits per heavy atom. The van der Waals surface area contributed by atoms with Gasteiger partial charge in [0.25, 0.3) is 0 Å². The summed E-state index contributed by atoms with van der Waals surface area (Å²) >= 11 is 0. The van der Waals surface area contributed by atoms with Gasteiger partial charge in [0.1, 0.15) is 0 Å². The zero-order valence-corrected chi connectivity index (χ0v) is 11.6. The normalized spacial score (nSPS) is 11.5. The zero-order chi connectivity index (χ0) is 13.0. The van der Waals surface area contributed by atoms with Crippen molar-refractivity contribution in [1.82, 2.24) is 0 Å². The smallest absolute Gasteiger partial charge is 0.00258 e. The van der Waals surface area contributed by atoms with Crippen LogP contribution in [0.25, 0.3) is 0 Å². The lowest BCUT2D eigenvalue weighted by atomic mass is 9.82. The van der Waals surface area contributed by atoms with Gasteiger partial charge in [-0.1, -0.05) is 75.4 Å². The SMILES string of the molecule is CCC(C)(C)c1ccc(Cc2ccccc2)cc1. The molecule has 0 aliphatic carbocycles. The largest absolute Gasteiger partial charge is 0.0646 e. The van der Waals surface area contributed by atoms with Gasteiger partial charge >= 0.3 is 0 Å². The van der Waals surface area contributed by atoms with E-state index in [0.29, 0.717) is 0 Å². The standard InChI is InChI=1S/C18H22/c1-4-18(2,3)17-12-10-16(11-13-17)14-15-8-6-5-7-9-15/h5-13H,4,14H2,1-3H3. The van der Waals surface area contributed by atoms with E-state index in [4.69, 9.17) is 0 Å². The van der Waals surface area contributed by atoms with Gasteiger partial charge in [0.05, 0.1) is 0 Å². The summed E-state index contributed by atoms with van der Waals surface area (Å²) in [5.74, 6) is 0. The van der Waals surface area contributed by atoms with E-state index in [0.717, 1.165) is 6.42 Å². The first kappa shape index (κ1) is 12.9. The molecule has 0 atom stereocenters. The maximum atomic E-state index is 2.30. The molecule has 0 aromatic heterocycles. The third kappa shape index (κ3) is 3.01. The second kappa shape index (κ2) is 5.39. The van der Waals surface area contributed by atoms with E-state index in [1.807, 2.05) is 0 Å². The van der Waals surface area contributed by atoms with Crippen molar-refractivity contribution in [2.24, 2.45) is 0 Å². The van der Waals surface area contributed by atoms with E-state index in [-0.39, 0.29) is 5.41 Å². The van der Waals surface area contributed by atoms with Crippen LogP contribution < -0.4 is 0 Å². The lowest BCUT2D eigenvalue weighted by Crippen LogP contribution is -2.15. The van der Waals surface area contributed by atoms with Crippen LogP contribution in [-0.4, -0.2) is 0 Å². The van der Waals surface area contributed by atoms with Gasteiger partial charge in [-0.2, -0.15) is 0 Å². The Hall–Kier alpha value is -1.56. The molecule has 0 saturated heterocycles. The molecule has 0 bridgehead atoms.